The predicted octanol–water partition coefficient (Wildman–Crippen LogP) is 0.974. The van der Waals surface area contributed by atoms with Crippen LogP contribution in [0.15, 0.2) is 21.6 Å². The number of carbonyl (C=O) groups is 1. The Labute approximate surface area is 88.8 Å². The highest BCUT2D eigenvalue weighted by Crippen LogP contribution is 2.32. The van der Waals surface area contributed by atoms with Crippen molar-refractivity contribution in [2.75, 3.05) is 26.3 Å². The molecule has 2 rings (SSSR count). The van der Waals surface area contributed by atoms with E-state index in [2.05, 4.69) is 15.1 Å². The number of aldehydes is 1. The summed E-state index contributed by atoms with van der Waals surface area (Å²) in [4.78, 5) is 13.1. The minimum Gasteiger partial charge on any atom is -0.378 e. The van der Waals surface area contributed by atoms with Crippen molar-refractivity contribution >= 4 is 6.29 Å². The molecule has 0 radical (unpaired) electrons. The summed E-state index contributed by atoms with van der Waals surface area (Å²) < 4.78 is 5.26. The van der Waals surface area contributed by atoms with Gasteiger partial charge in [-0.15, -0.1) is 5.11 Å². The molecule has 5 heteroatoms. The fourth-order valence-corrected chi connectivity index (χ4v) is 1.76. The van der Waals surface area contributed by atoms with Crippen LogP contribution >= 0.6 is 0 Å². The van der Waals surface area contributed by atoms with Gasteiger partial charge in [0, 0.05) is 13.1 Å². The molecule has 0 atom stereocenters. The molecule has 0 unspecified atom stereocenters. The Balaban J connectivity index is 2.26. The van der Waals surface area contributed by atoms with Gasteiger partial charge in [0.15, 0.2) is 12.1 Å². The van der Waals surface area contributed by atoms with Crippen molar-refractivity contribution < 1.29 is 9.53 Å². The molecule has 1 saturated heterocycles. The largest absolute Gasteiger partial charge is 0.378 e. The molecule has 0 aliphatic carbocycles. The van der Waals surface area contributed by atoms with Gasteiger partial charge in [-0.25, -0.2) is 0 Å². The molecule has 1 fully saturated rings. The summed E-state index contributed by atoms with van der Waals surface area (Å²) in [5.74, 6) is 0.721. The van der Waals surface area contributed by atoms with Gasteiger partial charge in [0.2, 0.25) is 0 Å². The van der Waals surface area contributed by atoms with E-state index in [4.69, 9.17) is 4.74 Å². The first-order valence-electron chi connectivity index (χ1n) is 5.11. The minimum absolute atomic E-state index is 0.477. The van der Waals surface area contributed by atoms with E-state index in [1.54, 1.807) is 0 Å². The number of ether oxygens (including phenoxy) is 1. The maximum Gasteiger partial charge on any atom is 0.159 e. The summed E-state index contributed by atoms with van der Waals surface area (Å²) in [5.41, 5.74) is 0.194. The number of nitrogens with zero attached hydrogens (tertiary/aromatic N) is 3. The highest BCUT2D eigenvalue weighted by Gasteiger charge is 2.34. The zero-order valence-corrected chi connectivity index (χ0v) is 9.06. The second kappa shape index (κ2) is 3.73. The Kier molecular flexibility index (Phi) is 2.56. The van der Waals surface area contributed by atoms with E-state index in [-0.39, 0.29) is 0 Å². The molecular weight excluding hydrogens is 194 g/mol. The van der Waals surface area contributed by atoms with Gasteiger partial charge in [0.1, 0.15) is 5.54 Å². The molecule has 0 N–H and O–H groups in total. The quantitative estimate of drug-likeness (QED) is 0.637. The molecule has 0 amide bonds. The first-order chi connectivity index (χ1) is 7.15. The maximum atomic E-state index is 11.0. The summed E-state index contributed by atoms with van der Waals surface area (Å²) >= 11 is 0. The van der Waals surface area contributed by atoms with Crippen molar-refractivity contribution in [3.05, 3.63) is 11.4 Å². The Morgan fingerprint density at radius 3 is 2.67 bits per heavy atom. The summed E-state index contributed by atoms with van der Waals surface area (Å²) in [6.45, 7) is 6.72. The van der Waals surface area contributed by atoms with Crippen LogP contribution in [0.1, 0.15) is 13.8 Å². The molecule has 2 aliphatic rings. The van der Waals surface area contributed by atoms with E-state index in [0.717, 1.165) is 25.2 Å². The van der Waals surface area contributed by atoms with Crippen LogP contribution < -0.4 is 0 Å². The normalized spacial score (nSPS) is 24.8. The molecule has 0 aromatic carbocycles. The van der Waals surface area contributed by atoms with Crippen LogP contribution in [0, 0.1) is 0 Å². The van der Waals surface area contributed by atoms with Gasteiger partial charge in [-0.3, -0.25) is 4.79 Å². The zero-order valence-electron chi connectivity index (χ0n) is 9.06. The summed E-state index contributed by atoms with van der Waals surface area (Å²) in [5, 5.41) is 8.22. The number of carbonyl (C=O) groups excluding carboxylic acids is 1. The van der Waals surface area contributed by atoms with E-state index in [1.165, 1.54) is 0 Å². The first-order valence-corrected chi connectivity index (χ1v) is 5.11. The Morgan fingerprint density at radius 2 is 2.07 bits per heavy atom. The van der Waals surface area contributed by atoms with Crippen molar-refractivity contribution in [3.8, 4) is 0 Å². The highest BCUT2D eigenvalue weighted by molar-refractivity contribution is 5.78. The fraction of sp³-hybridized carbons (Fsp3) is 0.700. The zero-order chi connectivity index (χ0) is 10.9. The number of hydrogen-bond acceptors (Lipinski definition) is 5. The van der Waals surface area contributed by atoms with Crippen molar-refractivity contribution in [3.63, 3.8) is 0 Å². The monoisotopic (exact) mass is 209 g/mol. The summed E-state index contributed by atoms with van der Waals surface area (Å²) in [6, 6.07) is 0. The van der Waals surface area contributed by atoms with Crippen LogP contribution in [0.4, 0.5) is 0 Å². The lowest BCUT2D eigenvalue weighted by molar-refractivity contribution is -0.105. The van der Waals surface area contributed by atoms with Gasteiger partial charge in [0.25, 0.3) is 0 Å². The van der Waals surface area contributed by atoms with E-state index in [0.29, 0.717) is 18.8 Å². The Morgan fingerprint density at radius 1 is 1.40 bits per heavy atom. The topological polar surface area (TPSA) is 54.3 Å². The van der Waals surface area contributed by atoms with Crippen LogP contribution in [0.5, 0.6) is 0 Å². The second-order valence-electron chi connectivity index (χ2n) is 4.21. The second-order valence-corrected chi connectivity index (χ2v) is 4.21. The van der Waals surface area contributed by atoms with Crippen molar-refractivity contribution in [2.45, 2.75) is 19.4 Å². The van der Waals surface area contributed by atoms with Gasteiger partial charge < -0.3 is 9.64 Å². The lowest BCUT2D eigenvalue weighted by atomic mass is 9.97. The van der Waals surface area contributed by atoms with Crippen LogP contribution in [0.2, 0.25) is 0 Å². The van der Waals surface area contributed by atoms with Gasteiger partial charge in [-0.2, -0.15) is 5.11 Å². The van der Waals surface area contributed by atoms with E-state index >= 15 is 0 Å². The smallest absolute Gasteiger partial charge is 0.159 e. The number of hydrogen-bond donors (Lipinski definition) is 0. The average Bonchev–Trinajstić information content (AvgIpc) is 2.54. The molecule has 0 aromatic rings. The molecular formula is C10H15N3O2. The molecule has 82 valence electrons. The third-order valence-electron chi connectivity index (χ3n) is 2.72. The van der Waals surface area contributed by atoms with Crippen LogP contribution in [-0.4, -0.2) is 43.0 Å². The molecule has 0 bridgehead atoms. The lowest BCUT2D eigenvalue weighted by Gasteiger charge is -2.28. The van der Waals surface area contributed by atoms with Gasteiger partial charge in [-0.05, 0) is 13.8 Å². The number of azo groups is 1. The van der Waals surface area contributed by atoms with E-state index < -0.39 is 5.54 Å². The first kappa shape index (κ1) is 10.3. The fourth-order valence-electron chi connectivity index (χ4n) is 1.76. The molecule has 0 spiro atoms. The van der Waals surface area contributed by atoms with Crippen LogP contribution in [0.3, 0.4) is 0 Å². The molecule has 2 heterocycles. The predicted molar refractivity (Wildman–Crippen MR) is 54.4 cm³/mol. The maximum absolute atomic E-state index is 11.0. The molecule has 2 aliphatic heterocycles. The third kappa shape index (κ3) is 1.79. The molecule has 0 aromatic heterocycles. The standard InChI is InChI=1S/C10H15N3O2/c1-10(2)8(7-14)9(11-12-10)13-3-5-15-6-4-13/h7H,3-6H2,1-2H3. The van der Waals surface area contributed by atoms with Crippen molar-refractivity contribution in [1.82, 2.24) is 4.90 Å². The number of rotatable bonds is 2. The highest BCUT2D eigenvalue weighted by atomic mass is 16.5. The Bertz CT molecular complexity index is 328. The summed E-state index contributed by atoms with van der Waals surface area (Å²) in [7, 11) is 0. The van der Waals surface area contributed by atoms with Gasteiger partial charge in [-0.1, -0.05) is 0 Å². The van der Waals surface area contributed by atoms with Gasteiger partial charge in [0.05, 0.1) is 18.8 Å². The van der Waals surface area contributed by atoms with Gasteiger partial charge >= 0.3 is 0 Å². The average molecular weight is 209 g/mol. The van der Waals surface area contributed by atoms with Crippen LogP contribution in [-0.2, 0) is 9.53 Å². The SMILES string of the molecule is CC1(C)N=NC(N2CCOCC2)=C1C=O. The van der Waals surface area contributed by atoms with E-state index in [9.17, 15) is 4.79 Å². The van der Waals surface area contributed by atoms with E-state index in [1.807, 2.05) is 13.8 Å². The lowest BCUT2D eigenvalue weighted by Crippen LogP contribution is -2.36. The van der Waals surface area contributed by atoms with Crippen molar-refractivity contribution in [1.29, 1.82) is 0 Å². The molecule has 5 nitrogen and oxygen atoms in total. The van der Waals surface area contributed by atoms with Crippen LogP contribution in [0.25, 0.3) is 0 Å². The Hall–Kier alpha value is -1.23. The number of morpholine rings is 1. The summed E-state index contributed by atoms with van der Waals surface area (Å²) in [6.07, 6.45) is 0.866. The minimum atomic E-state index is -0.477. The molecule has 0 saturated carbocycles. The third-order valence-corrected chi connectivity index (χ3v) is 2.72. The van der Waals surface area contributed by atoms with Crippen molar-refractivity contribution in [2.24, 2.45) is 10.2 Å². The molecule has 15 heavy (non-hydrogen) atoms.